The lowest BCUT2D eigenvalue weighted by Crippen LogP contribution is -2.36. The summed E-state index contributed by atoms with van der Waals surface area (Å²) in [7, 11) is 1.96. The fourth-order valence-electron chi connectivity index (χ4n) is 1.56. The summed E-state index contributed by atoms with van der Waals surface area (Å²) in [6.45, 7) is 6.22. The molecular weight excluding hydrogens is 216 g/mol. The van der Waals surface area contributed by atoms with Gasteiger partial charge in [0.05, 0.1) is 0 Å². The molecule has 1 unspecified atom stereocenters. The summed E-state index contributed by atoms with van der Waals surface area (Å²) in [6.07, 6.45) is 4.44. The van der Waals surface area contributed by atoms with Gasteiger partial charge < -0.3 is 15.2 Å². The molecule has 5 nitrogen and oxygen atoms in total. The topological polar surface area (TPSA) is 59.0 Å². The van der Waals surface area contributed by atoms with Crippen LogP contribution in [-0.4, -0.2) is 35.1 Å². The number of hydrogen-bond acceptors (Lipinski definition) is 3. The highest BCUT2D eigenvalue weighted by atomic mass is 16.1. The van der Waals surface area contributed by atoms with Crippen LogP contribution in [0.4, 0.5) is 0 Å². The molecule has 1 amide bonds. The van der Waals surface area contributed by atoms with E-state index < -0.39 is 0 Å². The van der Waals surface area contributed by atoms with Gasteiger partial charge >= 0.3 is 0 Å². The maximum atomic E-state index is 11.7. The normalized spacial score (nSPS) is 12.4. The highest BCUT2D eigenvalue weighted by Gasteiger charge is 2.11. The van der Waals surface area contributed by atoms with Crippen LogP contribution in [0.1, 0.15) is 19.7 Å². The van der Waals surface area contributed by atoms with E-state index in [1.807, 2.05) is 31.7 Å². The van der Waals surface area contributed by atoms with Gasteiger partial charge in [-0.25, -0.2) is 4.98 Å². The summed E-state index contributed by atoms with van der Waals surface area (Å²) < 4.78 is 1.97. The molecule has 2 N–H and O–H groups in total. The Morgan fingerprint density at radius 3 is 2.94 bits per heavy atom. The summed E-state index contributed by atoms with van der Waals surface area (Å²) in [5.41, 5.74) is 0. The van der Waals surface area contributed by atoms with Crippen LogP contribution in [0.15, 0.2) is 12.4 Å². The van der Waals surface area contributed by atoms with Gasteiger partial charge in [-0.05, 0) is 6.54 Å². The number of carbonyl (C=O) groups excluding carboxylic acids is 1. The fourth-order valence-corrected chi connectivity index (χ4v) is 1.56. The number of hydrogen-bond donors (Lipinski definition) is 2. The Labute approximate surface area is 103 Å². The number of nitrogens with zero attached hydrogens (tertiary/aromatic N) is 2. The second-order valence-corrected chi connectivity index (χ2v) is 4.20. The van der Waals surface area contributed by atoms with Crippen molar-refractivity contribution in [2.75, 3.05) is 19.6 Å². The third-order valence-corrected chi connectivity index (χ3v) is 2.72. The Balaban J connectivity index is 2.22. The van der Waals surface area contributed by atoms with E-state index in [2.05, 4.69) is 15.6 Å². The fraction of sp³-hybridized carbons (Fsp3) is 0.667. The first-order valence-electron chi connectivity index (χ1n) is 6.09. The SMILES string of the molecule is CCNCC(C)C(=O)NCCc1nccn1C. The molecule has 0 saturated carbocycles. The zero-order valence-electron chi connectivity index (χ0n) is 10.9. The molecule has 0 radical (unpaired) electrons. The first kappa shape index (κ1) is 13.7. The van der Waals surface area contributed by atoms with Crippen molar-refractivity contribution in [3.8, 4) is 0 Å². The van der Waals surface area contributed by atoms with Gasteiger partial charge in [-0.2, -0.15) is 0 Å². The number of aromatic nitrogens is 2. The number of imidazole rings is 1. The van der Waals surface area contributed by atoms with Crippen LogP contribution in [0.5, 0.6) is 0 Å². The molecule has 1 aromatic rings. The number of amides is 1. The van der Waals surface area contributed by atoms with Gasteiger partial charge in [0, 0.05) is 44.9 Å². The van der Waals surface area contributed by atoms with E-state index in [0.29, 0.717) is 6.54 Å². The zero-order valence-corrected chi connectivity index (χ0v) is 10.9. The first-order chi connectivity index (χ1) is 8.15. The van der Waals surface area contributed by atoms with Crippen LogP contribution in [0.3, 0.4) is 0 Å². The van der Waals surface area contributed by atoms with E-state index in [0.717, 1.165) is 25.3 Å². The van der Waals surface area contributed by atoms with Crippen molar-refractivity contribution in [3.05, 3.63) is 18.2 Å². The van der Waals surface area contributed by atoms with Gasteiger partial charge in [0.25, 0.3) is 0 Å². The number of rotatable bonds is 7. The molecule has 96 valence electrons. The Morgan fingerprint density at radius 2 is 2.35 bits per heavy atom. The largest absolute Gasteiger partial charge is 0.355 e. The molecule has 0 aliphatic carbocycles. The molecule has 1 rings (SSSR count). The Morgan fingerprint density at radius 1 is 1.59 bits per heavy atom. The lowest BCUT2D eigenvalue weighted by atomic mass is 10.1. The van der Waals surface area contributed by atoms with Crippen molar-refractivity contribution in [2.24, 2.45) is 13.0 Å². The minimum absolute atomic E-state index is 0.0105. The van der Waals surface area contributed by atoms with Gasteiger partial charge in [0.15, 0.2) is 0 Å². The van der Waals surface area contributed by atoms with Gasteiger partial charge in [0.1, 0.15) is 5.82 Å². The van der Waals surface area contributed by atoms with Crippen molar-refractivity contribution >= 4 is 5.91 Å². The molecule has 0 fully saturated rings. The van der Waals surface area contributed by atoms with Crippen molar-refractivity contribution < 1.29 is 4.79 Å². The third-order valence-electron chi connectivity index (χ3n) is 2.72. The second-order valence-electron chi connectivity index (χ2n) is 4.20. The molecule has 0 aliphatic heterocycles. The van der Waals surface area contributed by atoms with Gasteiger partial charge in [-0.1, -0.05) is 13.8 Å². The minimum atomic E-state index is 0.0105. The maximum absolute atomic E-state index is 11.7. The molecule has 0 spiro atoms. The van der Waals surface area contributed by atoms with Crippen LogP contribution in [0, 0.1) is 5.92 Å². The Kier molecular flexibility index (Phi) is 5.69. The molecule has 0 saturated heterocycles. The van der Waals surface area contributed by atoms with Crippen LogP contribution in [0.25, 0.3) is 0 Å². The Bertz CT molecular complexity index is 348. The number of aryl methyl sites for hydroxylation is 1. The predicted molar refractivity (Wildman–Crippen MR) is 67.6 cm³/mol. The lowest BCUT2D eigenvalue weighted by Gasteiger charge is -2.12. The predicted octanol–water partition coefficient (Wildman–Crippen LogP) is 0.324. The molecule has 0 aliphatic rings. The van der Waals surface area contributed by atoms with Crippen molar-refractivity contribution in [3.63, 3.8) is 0 Å². The highest BCUT2D eigenvalue weighted by Crippen LogP contribution is 1.96. The van der Waals surface area contributed by atoms with E-state index in [1.165, 1.54) is 0 Å². The molecule has 0 bridgehead atoms. The van der Waals surface area contributed by atoms with E-state index in [-0.39, 0.29) is 11.8 Å². The van der Waals surface area contributed by atoms with E-state index >= 15 is 0 Å². The smallest absolute Gasteiger partial charge is 0.224 e. The van der Waals surface area contributed by atoms with Crippen LogP contribution >= 0.6 is 0 Å². The highest BCUT2D eigenvalue weighted by molar-refractivity contribution is 5.78. The van der Waals surface area contributed by atoms with Gasteiger partial charge in [-0.3, -0.25) is 4.79 Å². The van der Waals surface area contributed by atoms with Crippen molar-refractivity contribution in [2.45, 2.75) is 20.3 Å². The molecule has 0 aromatic carbocycles. The standard InChI is InChI=1S/C12H22N4O/c1-4-13-9-10(2)12(17)15-6-5-11-14-7-8-16(11)3/h7-8,10,13H,4-6,9H2,1-3H3,(H,15,17). The Hall–Kier alpha value is -1.36. The molecule has 1 aromatic heterocycles. The van der Waals surface area contributed by atoms with E-state index in [4.69, 9.17) is 0 Å². The first-order valence-corrected chi connectivity index (χ1v) is 6.09. The summed E-state index contributed by atoms with van der Waals surface area (Å²) in [5, 5.41) is 6.09. The summed E-state index contributed by atoms with van der Waals surface area (Å²) in [4.78, 5) is 15.9. The zero-order chi connectivity index (χ0) is 12.7. The molecule has 1 atom stereocenters. The van der Waals surface area contributed by atoms with E-state index in [9.17, 15) is 4.79 Å². The van der Waals surface area contributed by atoms with Crippen LogP contribution in [0.2, 0.25) is 0 Å². The number of carbonyl (C=O) groups is 1. The van der Waals surface area contributed by atoms with Crippen LogP contribution in [-0.2, 0) is 18.3 Å². The van der Waals surface area contributed by atoms with Gasteiger partial charge in [-0.15, -0.1) is 0 Å². The van der Waals surface area contributed by atoms with Crippen molar-refractivity contribution in [1.82, 2.24) is 20.2 Å². The van der Waals surface area contributed by atoms with Crippen molar-refractivity contribution in [1.29, 1.82) is 0 Å². The lowest BCUT2D eigenvalue weighted by molar-refractivity contribution is -0.124. The van der Waals surface area contributed by atoms with E-state index in [1.54, 1.807) is 6.20 Å². The monoisotopic (exact) mass is 238 g/mol. The van der Waals surface area contributed by atoms with Crippen LogP contribution < -0.4 is 10.6 Å². The molecular formula is C12H22N4O. The average molecular weight is 238 g/mol. The quantitative estimate of drug-likeness (QED) is 0.719. The average Bonchev–Trinajstić information content (AvgIpc) is 2.72. The molecule has 5 heteroatoms. The minimum Gasteiger partial charge on any atom is -0.355 e. The summed E-state index contributed by atoms with van der Waals surface area (Å²) in [6, 6.07) is 0. The molecule has 1 heterocycles. The maximum Gasteiger partial charge on any atom is 0.224 e. The third kappa shape index (κ3) is 4.56. The summed E-state index contributed by atoms with van der Waals surface area (Å²) >= 11 is 0. The number of nitrogens with one attached hydrogen (secondary N) is 2. The van der Waals surface area contributed by atoms with Gasteiger partial charge in [0.2, 0.25) is 5.91 Å². The second kappa shape index (κ2) is 7.06. The summed E-state index contributed by atoms with van der Waals surface area (Å²) in [5.74, 6) is 1.10. The molecule has 17 heavy (non-hydrogen) atoms.